The van der Waals surface area contributed by atoms with E-state index in [4.69, 9.17) is 0 Å². The first-order valence-electron chi connectivity index (χ1n) is 7.10. The summed E-state index contributed by atoms with van der Waals surface area (Å²) in [5, 5.41) is 5.86. The number of carbonyl (C=O) groups excluding carboxylic acids is 2. The normalized spacial score (nSPS) is 17.8. The highest BCUT2D eigenvalue weighted by molar-refractivity contribution is 7.13. The number of carbonyl (C=O) groups is 2. The molecule has 0 radical (unpaired) electrons. The van der Waals surface area contributed by atoms with Gasteiger partial charge >= 0.3 is 0 Å². The Hall–Kier alpha value is -2.21. The summed E-state index contributed by atoms with van der Waals surface area (Å²) < 4.78 is 0. The van der Waals surface area contributed by atoms with Gasteiger partial charge in [0, 0.05) is 42.3 Å². The molecule has 1 aliphatic heterocycles. The van der Waals surface area contributed by atoms with Gasteiger partial charge in [0.05, 0.1) is 5.92 Å². The molecule has 0 unspecified atom stereocenters. The Kier molecular flexibility index (Phi) is 3.94. The molecule has 1 fully saturated rings. The lowest BCUT2D eigenvalue weighted by molar-refractivity contribution is -0.127. The van der Waals surface area contributed by atoms with Gasteiger partial charge in [-0.2, -0.15) is 0 Å². The number of thiazole rings is 1. The van der Waals surface area contributed by atoms with Crippen molar-refractivity contribution in [3.63, 3.8) is 0 Å². The molecule has 0 spiro atoms. The first-order valence-corrected chi connectivity index (χ1v) is 7.98. The smallest absolute Gasteiger partial charge is 0.229 e. The van der Waals surface area contributed by atoms with Crippen molar-refractivity contribution in [3.8, 4) is 10.6 Å². The average molecular weight is 315 g/mol. The third kappa shape index (κ3) is 3.01. The van der Waals surface area contributed by atoms with Crippen LogP contribution in [0.25, 0.3) is 10.6 Å². The monoisotopic (exact) mass is 315 g/mol. The van der Waals surface area contributed by atoms with Crippen molar-refractivity contribution in [2.75, 3.05) is 18.9 Å². The SMILES string of the molecule is Cc1csc(-c2ccc(NC(=O)[C@H]3CC(=O)N(C)C3)cc2)n1. The summed E-state index contributed by atoms with van der Waals surface area (Å²) in [6.07, 6.45) is 0.290. The predicted molar refractivity (Wildman–Crippen MR) is 86.7 cm³/mol. The zero-order valence-electron chi connectivity index (χ0n) is 12.5. The molecule has 114 valence electrons. The molecule has 1 saturated heterocycles. The lowest BCUT2D eigenvalue weighted by Gasteiger charge is -2.11. The maximum absolute atomic E-state index is 12.2. The second-order valence-corrected chi connectivity index (χ2v) is 6.39. The maximum atomic E-state index is 12.2. The van der Waals surface area contributed by atoms with Crippen LogP contribution in [-0.4, -0.2) is 35.3 Å². The van der Waals surface area contributed by atoms with E-state index in [0.717, 1.165) is 22.0 Å². The molecule has 5 nitrogen and oxygen atoms in total. The van der Waals surface area contributed by atoms with E-state index in [1.807, 2.05) is 36.6 Å². The third-order valence-electron chi connectivity index (χ3n) is 3.73. The van der Waals surface area contributed by atoms with E-state index < -0.39 is 0 Å². The van der Waals surface area contributed by atoms with Crippen molar-refractivity contribution in [1.82, 2.24) is 9.88 Å². The molecule has 2 amide bonds. The second-order valence-electron chi connectivity index (χ2n) is 5.54. The molecule has 1 aliphatic rings. The Morgan fingerprint density at radius 2 is 2.09 bits per heavy atom. The number of amides is 2. The highest BCUT2D eigenvalue weighted by Crippen LogP contribution is 2.25. The molecule has 0 aliphatic carbocycles. The van der Waals surface area contributed by atoms with Gasteiger partial charge in [-0.3, -0.25) is 9.59 Å². The van der Waals surface area contributed by atoms with E-state index in [1.54, 1.807) is 23.3 Å². The first-order chi connectivity index (χ1) is 10.5. The van der Waals surface area contributed by atoms with Gasteiger partial charge in [0.2, 0.25) is 11.8 Å². The summed E-state index contributed by atoms with van der Waals surface area (Å²) in [6.45, 7) is 2.45. The van der Waals surface area contributed by atoms with Gasteiger partial charge in [0.15, 0.2) is 0 Å². The Morgan fingerprint density at radius 1 is 1.36 bits per heavy atom. The minimum absolute atomic E-state index is 0.0228. The Morgan fingerprint density at radius 3 is 2.64 bits per heavy atom. The molecule has 2 aromatic rings. The van der Waals surface area contributed by atoms with Gasteiger partial charge in [-0.1, -0.05) is 0 Å². The second kappa shape index (κ2) is 5.88. The highest BCUT2D eigenvalue weighted by Gasteiger charge is 2.32. The van der Waals surface area contributed by atoms with E-state index in [2.05, 4.69) is 10.3 Å². The Balaban J connectivity index is 1.66. The molecule has 1 N–H and O–H groups in total. The largest absolute Gasteiger partial charge is 0.345 e. The Labute approximate surface area is 133 Å². The number of nitrogens with zero attached hydrogens (tertiary/aromatic N) is 2. The number of hydrogen-bond donors (Lipinski definition) is 1. The average Bonchev–Trinajstić information content (AvgIpc) is 3.07. The third-order valence-corrected chi connectivity index (χ3v) is 4.74. The zero-order valence-corrected chi connectivity index (χ0v) is 13.3. The fraction of sp³-hybridized carbons (Fsp3) is 0.312. The summed E-state index contributed by atoms with van der Waals surface area (Å²) in [6, 6.07) is 7.62. The predicted octanol–water partition coefficient (Wildman–Crippen LogP) is 2.54. The van der Waals surface area contributed by atoms with Crippen LogP contribution in [0.5, 0.6) is 0 Å². The molecule has 3 rings (SSSR count). The summed E-state index contributed by atoms with van der Waals surface area (Å²) in [4.78, 5) is 29.7. The number of nitrogens with one attached hydrogen (secondary N) is 1. The van der Waals surface area contributed by atoms with Crippen LogP contribution in [0.4, 0.5) is 5.69 Å². The molecule has 2 heterocycles. The lowest BCUT2D eigenvalue weighted by atomic mass is 10.1. The standard InChI is InChI=1S/C16H17N3O2S/c1-10-9-22-16(17-10)11-3-5-13(6-4-11)18-15(21)12-7-14(20)19(2)8-12/h3-6,9,12H,7-8H2,1-2H3,(H,18,21)/t12-/m0/s1. The minimum atomic E-state index is -0.265. The quantitative estimate of drug-likeness (QED) is 0.947. The summed E-state index contributed by atoms with van der Waals surface area (Å²) in [5.41, 5.74) is 2.78. The number of hydrogen-bond acceptors (Lipinski definition) is 4. The van der Waals surface area contributed by atoms with Crippen LogP contribution >= 0.6 is 11.3 Å². The van der Waals surface area contributed by atoms with Crippen LogP contribution < -0.4 is 5.32 Å². The van der Waals surface area contributed by atoms with Gasteiger partial charge < -0.3 is 10.2 Å². The molecule has 1 atom stereocenters. The summed E-state index contributed by atoms with van der Waals surface area (Å²) >= 11 is 1.60. The first kappa shape index (κ1) is 14.7. The maximum Gasteiger partial charge on any atom is 0.229 e. The fourth-order valence-electron chi connectivity index (χ4n) is 2.47. The number of benzene rings is 1. The fourth-order valence-corrected chi connectivity index (χ4v) is 3.27. The van der Waals surface area contributed by atoms with Gasteiger partial charge in [-0.15, -0.1) is 11.3 Å². The number of likely N-dealkylation sites (tertiary alicyclic amines) is 1. The number of aromatic nitrogens is 1. The van der Waals surface area contributed by atoms with Crippen molar-refractivity contribution in [3.05, 3.63) is 35.3 Å². The number of aryl methyl sites for hydroxylation is 1. The minimum Gasteiger partial charge on any atom is -0.345 e. The van der Waals surface area contributed by atoms with Gasteiger partial charge in [-0.25, -0.2) is 4.98 Å². The van der Waals surface area contributed by atoms with Gasteiger partial charge in [-0.05, 0) is 31.2 Å². The number of rotatable bonds is 3. The van der Waals surface area contributed by atoms with Gasteiger partial charge in [0.1, 0.15) is 5.01 Å². The topological polar surface area (TPSA) is 62.3 Å². The van der Waals surface area contributed by atoms with Gasteiger partial charge in [0.25, 0.3) is 0 Å². The summed E-state index contributed by atoms with van der Waals surface area (Å²) in [7, 11) is 1.72. The molecule has 0 saturated carbocycles. The lowest BCUT2D eigenvalue weighted by Crippen LogP contribution is -2.25. The van der Waals surface area contributed by atoms with E-state index in [-0.39, 0.29) is 17.7 Å². The van der Waals surface area contributed by atoms with Crippen LogP contribution in [0.1, 0.15) is 12.1 Å². The van der Waals surface area contributed by atoms with Crippen molar-refractivity contribution < 1.29 is 9.59 Å². The molecule has 22 heavy (non-hydrogen) atoms. The van der Waals surface area contributed by atoms with Crippen LogP contribution in [-0.2, 0) is 9.59 Å². The Bertz CT molecular complexity index is 708. The van der Waals surface area contributed by atoms with Crippen molar-refractivity contribution in [2.24, 2.45) is 5.92 Å². The molecular formula is C16H17N3O2S. The van der Waals surface area contributed by atoms with Crippen LogP contribution in [0, 0.1) is 12.8 Å². The number of anilines is 1. The molecular weight excluding hydrogens is 298 g/mol. The van der Waals surface area contributed by atoms with E-state index in [1.165, 1.54) is 0 Å². The molecule has 6 heteroatoms. The zero-order chi connectivity index (χ0) is 15.7. The molecule has 1 aromatic carbocycles. The molecule has 1 aromatic heterocycles. The molecule has 0 bridgehead atoms. The van der Waals surface area contributed by atoms with Crippen molar-refractivity contribution >= 4 is 28.8 Å². The summed E-state index contributed by atoms with van der Waals surface area (Å²) in [5.74, 6) is -0.344. The van der Waals surface area contributed by atoms with Crippen LogP contribution in [0.2, 0.25) is 0 Å². The van der Waals surface area contributed by atoms with Crippen molar-refractivity contribution in [1.29, 1.82) is 0 Å². The van der Waals surface area contributed by atoms with E-state index >= 15 is 0 Å². The van der Waals surface area contributed by atoms with Crippen molar-refractivity contribution in [2.45, 2.75) is 13.3 Å². The van der Waals surface area contributed by atoms with Crippen LogP contribution in [0.15, 0.2) is 29.6 Å². The van der Waals surface area contributed by atoms with E-state index in [9.17, 15) is 9.59 Å². The van der Waals surface area contributed by atoms with E-state index in [0.29, 0.717) is 13.0 Å². The van der Waals surface area contributed by atoms with Crippen LogP contribution in [0.3, 0.4) is 0 Å². The highest BCUT2D eigenvalue weighted by atomic mass is 32.1.